The van der Waals surface area contributed by atoms with Crippen molar-refractivity contribution >= 4 is 5.91 Å². The van der Waals surface area contributed by atoms with E-state index in [1.54, 1.807) is 11.0 Å². The minimum absolute atomic E-state index is 0.0236. The van der Waals surface area contributed by atoms with Crippen LogP contribution in [0.3, 0.4) is 0 Å². The van der Waals surface area contributed by atoms with Crippen molar-refractivity contribution in [1.29, 1.82) is 0 Å². The summed E-state index contributed by atoms with van der Waals surface area (Å²) in [5.74, 6) is 0.0236. The van der Waals surface area contributed by atoms with Crippen LogP contribution in [0.5, 0.6) is 0 Å². The first-order valence-electron chi connectivity index (χ1n) is 6.30. The van der Waals surface area contributed by atoms with Gasteiger partial charge in [0.2, 0.25) is 5.91 Å². The maximum atomic E-state index is 11.7. The summed E-state index contributed by atoms with van der Waals surface area (Å²) in [5.41, 5.74) is 3.59. The zero-order valence-corrected chi connectivity index (χ0v) is 11.3. The first-order chi connectivity index (χ1) is 9.15. The summed E-state index contributed by atoms with van der Waals surface area (Å²) in [7, 11) is 0. The number of carbonyl (C=O) groups excluding carboxylic acids is 1. The van der Waals surface area contributed by atoms with E-state index in [0.29, 0.717) is 19.5 Å². The van der Waals surface area contributed by atoms with E-state index in [-0.39, 0.29) is 5.91 Å². The molecule has 5 nitrogen and oxygen atoms in total. The second-order valence-electron chi connectivity index (χ2n) is 4.62. The number of nitrogens with one attached hydrogen (secondary N) is 1. The van der Waals surface area contributed by atoms with Crippen LogP contribution in [-0.4, -0.2) is 20.7 Å². The second kappa shape index (κ2) is 6.13. The van der Waals surface area contributed by atoms with Crippen molar-refractivity contribution in [3.8, 4) is 0 Å². The average molecular weight is 258 g/mol. The second-order valence-corrected chi connectivity index (χ2v) is 4.62. The molecular formula is C14H18N4O. The molecule has 5 heteroatoms. The van der Waals surface area contributed by atoms with Gasteiger partial charge in [-0.3, -0.25) is 9.48 Å². The fourth-order valence-corrected chi connectivity index (χ4v) is 1.89. The minimum Gasteiger partial charge on any atom is -0.352 e. The van der Waals surface area contributed by atoms with Gasteiger partial charge in [0.1, 0.15) is 12.7 Å². The van der Waals surface area contributed by atoms with E-state index in [9.17, 15) is 4.79 Å². The molecule has 0 aliphatic carbocycles. The number of rotatable bonds is 5. The van der Waals surface area contributed by atoms with Crippen LogP contribution in [0.1, 0.15) is 23.1 Å². The molecule has 2 aromatic rings. The Labute approximate surface area is 112 Å². The molecule has 0 fully saturated rings. The Morgan fingerprint density at radius 3 is 2.89 bits per heavy atom. The highest BCUT2D eigenvalue weighted by molar-refractivity contribution is 5.75. The quantitative estimate of drug-likeness (QED) is 0.886. The lowest BCUT2D eigenvalue weighted by Crippen LogP contribution is -2.24. The highest BCUT2D eigenvalue weighted by Crippen LogP contribution is 2.10. The van der Waals surface area contributed by atoms with Gasteiger partial charge in [0.05, 0.1) is 6.54 Å². The maximum Gasteiger partial charge on any atom is 0.222 e. The van der Waals surface area contributed by atoms with Crippen LogP contribution in [0.15, 0.2) is 30.9 Å². The number of hydrogen-bond acceptors (Lipinski definition) is 3. The lowest BCUT2D eigenvalue weighted by Gasteiger charge is -2.08. The molecule has 100 valence electrons. The molecule has 0 radical (unpaired) electrons. The topological polar surface area (TPSA) is 59.8 Å². The van der Waals surface area contributed by atoms with Gasteiger partial charge in [-0.25, -0.2) is 4.98 Å². The van der Waals surface area contributed by atoms with Gasteiger partial charge in [-0.1, -0.05) is 23.8 Å². The molecular weight excluding hydrogens is 240 g/mol. The van der Waals surface area contributed by atoms with Gasteiger partial charge in [0, 0.05) is 13.0 Å². The van der Waals surface area contributed by atoms with E-state index >= 15 is 0 Å². The van der Waals surface area contributed by atoms with Crippen molar-refractivity contribution in [2.45, 2.75) is 33.4 Å². The summed E-state index contributed by atoms with van der Waals surface area (Å²) in [4.78, 5) is 15.6. The van der Waals surface area contributed by atoms with E-state index in [4.69, 9.17) is 0 Å². The predicted molar refractivity (Wildman–Crippen MR) is 72.4 cm³/mol. The summed E-state index contributed by atoms with van der Waals surface area (Å²) in [6.07, 6.45) is 3.49. The van der Waals surface area contributed by atoms with Crippen LogP contribution < -0.4 is 5.32 Å². The van der Waals surface area contributed by atoms with Crippen LogP contribution >= 0.6 is 0 Å². The van der Waals surface area contributed by atoms with Crippen molar-refractivity contribution in [3.63, 3.8) is 0 Å². The Balaban J connectivity index is 1.80. The standard InChI is InChI=1S/C14H18N4O/c1-11-3-4-13(12(2)7-11)8-16-14(19)5-6-18-10-15-9-17-18/h3-4,7,9-10H,5-6,8H2,1-2H3,(H,16,19). The number of amides is 1. The first-order valence-corrected chi connectivity index (χ1v) is 6.30. The molecule has 1 aromatic carbocycles. The zero-order chi connectivity index (χ0) is 13.7. The van der Waals surface area contributed by atoms with E-state index in [1.807, 2.05) is 0 Å². The number of carbonyl (C=O) groups is 1. The third-order valence-corrected chi connectivity index (χ3v) is 3.01. The van der Waals surface area contributed by atoms with Crippen molar-refractivity contribution in [1.82, 2.24) is 20.1 Å². The lowest BCUT2D eigenvalue weighted by atomic mass is 10.1. The van der Waals surface area contributed by atoms with Crippen molar-refractivity contribution in [2.75, 3.05) is 0 Å². The van der Waals surface area contributed by atoms with Gasteiger partial charge >= 0.3 is 0 Å². The molecule has 0 saturated carbocycles. The Kier molecular flexibility index (Phi) is 4.28. The largest absolute Gasteiger partial charge is 0.352 e. The number of benzene rings is 1. The molecule has 0 spiro atoms. The third kappa shape index (κ3) is 3.91. The molecule has 0 atom stereocenters. The molecule has 1 N–H and O–H groups in total. The van der Waals surface area contributed by atoms with Gasteiger partial charge in [-0.05, 0) is 25.0 Å². The third-order valence-electron chi connectivity index (χ3n) is 3.01. The van der Waals surface area contributed by atoms with Crippen molar-refractivity contribution < 1.29 is 4.79 Å². The highest BCUT2D eigenvalue weighted by Gasteiger charge is 2.04. The van der Waals surface area contributed by atoms with Gasteiger partial charge in [-0.2, -0.15) is 5.10 Å². The van der Waals surface area contributed by atoms with Gasteiger partial charge < -0.3 is 5.32 Å². The summed E-state index contributed by atoms with van der Waals surface area (Å²) < 4.78 is 1.65. The van der Waals surface area contributed by atoms with E-state index < -0.39 is 0 Å². The molecule has 0 saturated heterocycles. The monoisotopic (exact) mass is 258 g/mol. The van der Waals surface area contributed by atoms with Gasteiger partial charge in [-0.15, -0.1) is 0 Å². The van der Waals surface area contributed by atoms with Gasteiger partial charge in [0.25, 0.3) is 0 Å². The normalized spacial score (nSPS) is 10.4. The molecule has 1 aromatic heterocycles. The highest BCUT2D eigenvalue weighted by atomic mass is 16.1. The Morgan fingerprint density at radius 1 is 1.37 bits per heavy atom. The van der Waals surface area contributed by atoms with Crippen LogP contribution in [0.2, 0.25) is 0 Å². The van der Waals surface area contributed by atoms with E-state index in [0.717, 1.165) is 5.56 Å². The molecule has 1 heterocycles. The van der Waals surface area contributed by atoms with Crippen LogP contribution in [-0.2, 0) is 17.9 Å². The molecule has 0 aliphatic rings. The minimum atomic E-state index is 0.0236. The molecule has 2 rings (SSSR count). The smallest absolute Gasteiger partial charge is 0.222 e. The van der Waals surface area contributed by atoms with Crippen LogP contribution in [0, 0.1) is 13.8 Å². The molecule has 0 unspecified atom stereocenters. The van der Waals surface area contributed by atoms with Crippen molar-refractivity contribution in [3.05, 3.63) is 47.5 Å². The fraction of sp³-hybridized carbons (Fsp3) is 0.357. The van der Waals surface area contributed by atoms with Crippen LogP contribution in [0.4, 0.5) is 0 Å². The molecule has 1 amide bonds. The zero-order valence-electron chi connectivity index (χ0n) is 11.3. The summed E-state index contributed by atoms with van der Waals surface area (Å²) in [5, 5.41) is 6.88. The Hall–Kier alpha value is -2.17. The summed E-state index contributed by atoms with van der Waals surface area (Å²) in [6, 6.07) is 6.24. The van der Waals surface area contributed by atoms with E-state index in [1.165, 1.54) is 17.5 Å². The molecule has 0 bridgehead atoms. The fourth-order valence-electron chi connectivity index (χ4n) is 1.89. The molecule has 19 heavy (non-hydrogen) atoms. The number of nitrogens with zero attached hydrogens (tertiary/aromatic N) is 3. The first kappa shape index (κ1) is 13.3. The SMILES string of the molecule is Cc1ccc(CNC(=O)CCn2cncn2)c(C)c1. The Morgan fingerprint density at radius 2 is 2.21 bits per heavy atom. The van der Waals surface area contributed by atoms with E-state index in [2.05, 4.69) is 47.4 Å². The summed E-state index contributed by atoms with van der Waals surface area (Å²) in [6.45, 7) is 5.25. The maximum absolute atomic E-state index is 11.7. The number of aromatic nitrogens is 3. The summed E-state index contributed by atoms with van der Waals surface area (Å²) >= 11 is 0. The van der Waals surface area contributed by atoms with Crippen LogP contribution in [0.25, 0.3) is 0 Å². The van der Waals surface area contributed by atoms with Crippen molar-refractivity contribution in [2.24, 2.45) is 0 Å². The Bertz CT molecular complexity index is 549. The number of aryl methyl sites for hydroxylation is 3. The van der Waals surface area contributed by atoms with Gasteiger partial charge in [0.15, 0.2) is 0 Å². The lowest BCUT2D eigenvalue weighted by molar-refractivity contribution is -0.121. The number of hydrogen-bond donors (Lipinski definition) is 1. The average Bonchev–Trinajstić information content (AvgIpc) is 2.88. The molecule has 0 aliphatic heterocycles. The predicted octanol–water partition coefficient (Wildman–Crippen LogP) is 1.60.